The lowest BCUT2D eigenvalue weighted by Gasteiger charge is -2.41. The van der Waals surface area contributed by atoms with Crippen LogP contribution in [0.4, 0.5) is 0 Å². The minimum atomic E-state index is -1.14. The van der Waals surface area contributed by atoms with Gasteiger partial charge in [-0.05, 0) is 43.2 Å². The van der Waals surface area contributed by atoms with Gasteiger partial charge >= 0.3 is 5.97 Å². The number of likely N-dealkylation sites (tertiary alicyclic amines) is 1. The van der Waals surface area contributed by atoms with E-state index in [0.717, 1.165) is 12.0 Å². The first-order valence-corrected chi connectivity index (χ1v) is 18.7. The molecule has 0 aromatic heterocycles. The summed E-state index contributed by atoms with van der Waals surface area (Å²) in [5, 5.41) is 18.5. The van der Waals surface area contributed by atoms with Crippen molar-refractivity contribution in [1.82, 2.24) is 25.8 Å². The molecule has 13 nitrogen and oxygen atoms in total. The normalized spacial score (nSPS) is 19.2. The van der Waals surface area contributed by atoms with Gasteiger partial charge in [0.05, 0.1) is 42.7 Å². The van der Waals surface area contributed by atoms with E-state index in [9.17, 15) is 29.1 Å². The van der Waals surface area contributed by atoms with Crippen LogP contribution in [0.15, 0.2) is 30.3 Å². The molecule has 1 aromatic rings. The van der Waals surface area contributed by atoms with E-state index in [2.05, 4.69) is 16.0 Å². The summed E-state index contributed by atoms with van der Waals surface area (Å²) in [5.74, 6) is -3.27. The van der Waals surface area contributed by atoms with Gasteiger partial charge in [0, 0.05) is 34.2 Å². The van der Waals surface area contributed by atoms with Gasteiger partial charge in [0.2, 0.25) is 23.6 Å². The van der Waals surface area contributed by atoms with Gasteiger partial charge in [0.1, 0.15) is 12.1 Å². The summed E-state index contributed by atoms with van der Waals surface area (Å²) in [6.07, 6.45) is 0.818. The molecule has 0 aliphatic carbocycles. The Morgan fingerprint density at radius 2 is 1.54 bits per heavy atom. The Bertz CT molecular complexity index is 1310. The largest absolute Gasteiger partial charge is 0.480 e. The number of nitrogens with one attached hydrogen (secondary N) is 3. The van der Waals surface area contributed by atoms with Gasteiger partial charge in [0.15, 0.2) is 0 Å². The highest BCUT2D eigenvalue weighted by atomic mass is 16.5. The molecule has 1 aliphatic rings. The molecule has 0 saturated carbocycles. The van der Waals surface area contributed by atoms with Gasteiger partial charge in [-0.3, -0.25) is 19.2 Å². The average molecular weight is 732 g/mol. The SMILES string of the molecule is CCC(C)C([C@@H](CC(=O)N1CCC[C@H]1[C@H](OC)[C@@H](C)C(=O)N[C@@H](Cc1ccccc1)C(=O)O)OC)N(C)C(=O)[C@@H](NC(=O)C(NC)C(C)C)C(C)C. The summed E-state index contributed by atoms with van der Waals surface area (Å²) in [6, 6.07) is 5.84. The summed E-state index contributed by atoms with van der Waals surface area (Å²) < 4.78 is 11.8. The second-order valence-corrected chi connectivity index (χ2v) is 14.9. The van der Waals surface area contributed by atoms with Crippen LogP contribution in [0.5, 0.6) is 0 Å². The van der Waals surface area contributed by atoms with Gasteiger partial charge in [0.25, 0.3) is 0 Å². The molecule has 1 fully saturated rings. The maximum Gasteiger partial charge on any atom is 0.326 e. The second-order valence-electron chi connectivity index (χ2n) is 14.9. The molecular formula is C39H65N5O8. The van der Waals surface area contributed by atoms with Gasteiger partial charge in [-0.25, -0.2) is 4.79 Å². The number of ether oxygens (including phenoxy) is 2. The van der Waals surface area contributed by atoms with Crippen LogP contribution in [0.25, 0.3) is 0 Å². The monoisotopic (exact) mass is 731 g/mol. The molecule has 1 aliphatic heterocycles. The number of hydrogen-bond acceptors (Lipinski definition) is 8. The molecule has 0 bridgehead atoms. The van der Waals surface area contributed by atoms with Gasteiger partial charge in [-0.2, -0.15) is 0 Å². The topological polar surface area (TPSA) is 167 Å². The highest BCUT2D eigenvalue weighted by Gasteiger charge is 2.43. The van der Waals surface area contributed by atoms with Gasteiger partial charge in [-0.1, -0.05) is 85.2 Å². The van der Waals surface area contributed by atoms with Crippen LogP contribution < -0.4 is 16.0 Å². The van der Waals surface area contributed by atoms with Crippen molar-refractivity contribution in [3.63, 3.8) is 0 Å². The van der Waals surface area contributed by atoms with Gasteiger partial charge < -0.3 is 40.3 Å². The standard InChI is InChI=1S/C39H65N5O8/c1-12-25(6)34(43(9)38(48)33(24(4)5)42-37(47)32(40-8)23(2)3)30(51-10)22-31(45)44-20-16-19-29(44)35(52-11)26(7)36(46)41-28(39(49)50)21-27-17-14-13-15-18-27/h13-15,17-18,23-26,28-30,32-35,40H,12,16,19-22H2,1-11H3,(H,41,46)(H,42,47)(H,49,50)/t25?,26-,28+,29+,30-,32?,33+,34?,35-/m1/s1. The molecule has 52 heavy (non-hydrogen) atoms. The summed E-state index contributed by atoms with van der Waals surface area (Å²) in [7, 11) is 6.46. The lowest BCUT2D eigenvalue weighted by Crippen LogP contribution is -2.59. The van der Waals surface area contributed by atoms with Crippen molar-refractivity contribution in [2.75, 3.05) is 34.9 Å². The summed E-state index contributed by atoms with van der Waals surface area (Å²) >= 11 is 0. The van der Waals surface area contributed by atoms with Crippen molar-refractivity contribution in [3.8, 4) is 0 Å². The van der Waals surface area contributed by atoms with E-state index in [0.29, 0.717) is 19.4 Å². The Morgan fingerprint density at radius 1 is 0.923 bits per heavy atom. The van der Waals surface area contributed by atoms with Crippen LogP contribution in [-0.4, -0.2) is 122 Å². The number of hydrogen-bond donors (Lipinski definition) is 4. The van der Waals surface area contributed by atoms with E-state index in [-0.39, 0.29) is 48.3 Å². The molecule has 1 aromatic carbocycles. The maximum absolute atomic E-state index is 14.1. The highest BCUT2D eigenvalue weighted by Crippen LogP contribution is 2.29. The van der Waals surface area contributed by atoms with Crippen LogP contribution >= 0.6 is 0 Å². The van der Waals surface area contributed by atoms with E-state index >= 15 is 0 Å². The first-order chi connectivity index (χ1) is 24.5. The molecule has 0 spiro atoms. The van der Waals surface area contributed by atoms with Crippen LogP contribution in [-0.2, 0) is 39.9 Å². The molecular weight excluding hydrogens is 666 g/mol. The summed E-state index contributed by atoms with van der Waals surface area (Å²) in [5.41, 5.74) is 0.785. The smallest absolute Gasteiger partial charge is 0.326 e. The summed E-state index contributed by atoms with van der Waals surface area (Å²) in [4.78, 5) is 70.3. The summed E-state index contributed by atoms with van der Waals surface area (Å²) in [6.45, 7) is 13.9. The average Bonchev–Trinajstić information content (AvgIpc) is 3.59. The third-order valence-electron chi connectivity index (χ3n) is 10.6. The highest BCUT2D eigenvalue weighted by molar-refractivity contribution is 5.90. The zero-order valence-corrected chi connectivity index (χ0v) is 33.2. The molecule has 0 radical (unpaired) electrons. The molecule has 13 heteroatoms. The number of benzene rings is 1. The molecule has 9 atom stereocenters. The Morgan fingerprint density at radius 3 is 2.04 bits per heavy atom. The predicted octanol–water partition coefficient (Wildman–Crippen LogP) is 3.10. The number of likely N-dealkylation sites (N-methyl/N-ethyl adjacent to an activating group) is 2. The fraction of sp³-hybridized carbons (Fsp3) is 0.718. The second kappa shape index (κ2) is 21.2. The number of nitrogens with zero attached hydrogens (tertiary/aromatic N) is 2. The first kappa shape index (κ1) is 44.6. The van der Waals surface area contributed by atoms with Crippen LogP contribution in [0.3, 0.4) is 0 Å². The van der Waals surface area contributed by atoms with E-state index in [1.165, 1.54) is 14.2 Å². The maximum atomic E-state index is 14.1. The lowest BCUT2D eigenvalue weighted by atomic mass is 9.89. The fourth-order valence-corrected chi connectivity index (χ4v) is 7.40. The molecule has 1 heterocycles. The number of amides is 4. The molecule has 1 saturated heterocycles. The fourth-order valence-electron chi connectivity index (χ4n) is 7.40. The third kappa shape index (κ3) is 11.7. The zero-order valence-electron chi connectivity index (χ0n) is 33.2. The van der Waals surface area contributed by atoms with E-state index in [1.807, 2.05) is 71.9 Å². The Hall–Kier alpha value is -3.55. The van der Waals surface area contributed by atoms with Crippen molar-refractivity contribution in [2.45, 2.75) is 123 Å². The van der Waals surface area contributed by atoms with E-state index < -0.39 is 60.2 Å². The molecule has 4 amide bonds. The van der Waals surface area contributed by atoms with Crippen molar-refractivity contribution in [2.24, 2.45) is 23.7 Å². The minimum absolute atomic E-state index is 0.0112. The Balaban J connectivity index is 2.26. The molecule has 294 valence electrons. The van der Waals surface area contributed by atoms with Crippen LogP contribution in [0, 0.1) is 23.7 Å². The number of carboxylic acids is 1. The lowest BCUT2D eigenvalue weighted by molar-refractivity contribution is -0.148. The number of carboxylic acid groups (broad SMARTS) is 1. The van der Waals surface area contributed by atoms with E-state index in [4.69, 9.17) is 9.47 Å². The molecule has 3 unspecified atom stereocenters. The van der Waals surface area contributed by atoms with Crippen molar-refractivity contribution in [1.29, 1.82) is 0 Å². The van der Waals surface area contributed by atoms with Crippen molar-refractivity contribution < 1.29 is 38.6 Å². The molecule has 4 N–H and O–H groups in total. The number of rotatable bonds is 21. The Labute approximate surface area is 310 Å². The molecule has 2 rings (SSSR count). The number of methoxy groups -OCH3 is 2. The zero-order chi connectivity index (χ0) is 39.3. The third-order valence-corrected chi connectivity index (χ3v) is 10.6. The van der Waals surface area contributed by atoms with E-state index in [1.54, 1.807) is 30.8 Å². The minimum Gasteiger partial charge on any atom is -0.480 e. The van der Waals surface area contributed by atoms with Crippen LogP contribution in [0.2, 0.25) is 0 Å². The number of carbonyl (C=O) groups excluding carboxylic acids is 4. The van der Waals surface area contributed by atoms with Crippen LogP contribution in [0.1, 0.15) is 79.7 Å². The number of carbonyl (C=O) groups is 5. The van der Waals surface area contributed by atoms with Crippen molar-refractivity contribution >= 4 is 29.6 Å². The Kier molecular flexibility index (Phi) is 18.2. The first-order valence-electron chi connectivity index (χ1n) is 18.7. The predicted molar refractivity (Wildman–Crippen MR) is 200 cm³/mol. The van der Waals surface area contributed by atoms with Gasteiger partial charge in [-0.15, -0.1) is 0 Å². The number of aliphatic carboxylic acids is 1. The quantitative estimate of drug-likeness (QED) is 0.149. The van der Waals surface area contributed by atoms with Crippen molar-refractivity contribution in [3.05, 3.63) is 35.9 Å².